The van der Waals surface area contributed by atoms with Crippen LogP contribution in [0.3, 0.4) is 0 Å². The molecule has 2 atom stereocenters. The molecular formula is C13H29N3. The van der Waals surface area contributed by atoms with Gasteiger partial charge in [-0.15, -0.1) is 0 Å². The molecule has 96 valence electrons. The van der Waals surface area contributed by atoms with Crippen molar-refractivity contribution in [2.24, 2.45) is 11.7 Å². The maximum atomic E-state index is 6.17. The first-order valence-electron chi connectivity index (χ1n) is 6.71. The normalized spacial score (nSPS) is 26.2. The molecule has 2 N–H and O–H groups in total. The van der Waals surface area contributed by atoms with E-state index in [1.807, 2.05) is 0 Å². The van der Waals surface area contributed by atoms with Gasteiger partial charge in [0.15, 0.2) is 0 Å². The molecule has 0 bridgehead atoms. The Labute approximate surface area is 101 Å². The Kier molecular flexibility index (Phi) is 5.73. The zero-order chi connectivity index (χ0) is 12.1. The van der Waals surface area contributed by atoms with E-state index in [2.05, 4.69) is 37.6 Å². The van der Waals surface area contributed by atoms with Gasteiger partial charge in [0.2, 0.25) is 0 Å². The molecule has 2 unspecified atom stereocenters. The Bertz CT molecular complexity index is 194. The Balaban J connectivity index is 2.32. The first kappa shape index (κ1) is 13.9. The minimum absolute atomic E-state index is 0.348. The van der Waals surface area contributed by atoms with E-state index in [4.69, 9.17) is 5.73 Å². The van der Waals surface area contributed by atoms with Gasteiger partial charge in [0.05, 0.1) is 0 Å². The highest BCUT2D eigenvalue weighted by molar-refractivity contribution is 4.81. The van der Waals surface area contributed by atoms with Crippen molar-refractivity contribution < 1.29 is 0 Å². The summed E-state index contributed by atoms with van der Waals surface area (Å²) in [6, 6.07) is 1.07. The van der Waals surface area contributed by atoms with Gasteiger partial charge in [-0.1, -0.05) is 20.8 Å². The topological polar surface area (TPSA) is 32.5 Å². The third-order valence-electron chi connectivity index (χ3n) is 3.60. The predicted molar refractivity (Wildman–Crippen MR) is 70.6 cm³/mol. The van der Waals surface area contributed by atoms with Crippen molar-refractivity contribution in [3.63, 3.8) is 0 Å². The van der Waals surface area contributed by atoms with Gasteiger partial charge >= 0.3 is 0 Å². The molecule has 3 nitrogen and oxygen atoms in total. The summed E-state index contributed by atoms with van der Waals surface area (Å²) in [5, 5.41) is 0. The average Bonchev–Trinajstić information content (AvgIpc) is 2.19. The van der Waals surface area contributed by atoms with E-state index in [0.29, 0.717) is 12.0 Å². The van der Waals surface area contributed by atoms with Crippen molar-refractivity contribution in [2.45, 2.75) is 45.7 Å². The summed E-state index contributed by atoms with van der Waals surface area (Å²) in [6.45, 7) is 11.4. The van der Waals surface area contributed by atoms with Gasteiger partial charge in [-0.05, 0) is 25.8 Å². The lowest BCUT2D eigenvalue weighted by atomic mass is 10.0. The van der Waals surface area contributed by atoms with Crippen molar-refractivity contribution in [3.8, 4) is 0 Å². The van der Waals surface area contributed by atoms with Gasteiger partial charge in [-0.25, -0.2) is 0 Å². The van der Waals surface area contributed by atoms with Crippen LogP contribution in [-0.2, 0) is 0 Å². The first-order chi connectivity index (χ1) is 7.52. The molecule has 0 saturated carbocycles. The Morgan fingerprint density at radius 1 is 1.31 bits per heavy atom. The van der Waals surface area contributed by atoms with Crippen LogP contribution in [0.15, 0.2) is 0 Å². The molecule has 3 heteroatoms. The maximum absolute atomic E-state index is 6.17. The zero-order valence-corrected chi connectivity index (χ0v) is 11.4. The predicted octanol–water partition coefficient (Wildman–Crippen LogP) is 1.39. The Hall–Kier alpha value is -0.120. The summed E-state index contributed by atoms with van der Waals surface area (Å²) in [6.07, 6.45) is 2.38. The summed E-state index contributed by atoms with van der Waals surface area (Å²) in [4.78, 5) is 5.02. The Morgan fingerprint density at radius 2 is 2.00 bits per heavy atom. The fourth-order valence-electron chi connectivity index (χ4n) is 2.63. The van der Waals surface area contributed by atoms with Gasteiger partial charge in [-0.2, -0.15) is 0 Å². The van der Waals surface area contributed by atoms with Crippen molar-refractivity contribution in [2.75, 3.05) is 33.2 Å². The van der Waals surface area contributed by atoms with Gasteiger partial charge in [0.1, 0.15) is 0 Å². The quantitative estimate of drug-likeness (QED) is 0.770. The molecule has 1 heterocycles. The average molecular weight is 227 g/mol. The number of piperazine rings is 1. The molecule has 1 aliphatic heterocycles. The zero-order valence-electron chi connectivity index (χ0n) is 11.4. The number of hydrogen-bond donors (Lipinski definition) is 1. The van der Waals surface area contributed by atoms with E-state index < -0.39 is 0 Å². The fourth-order valence-corrected chi connectivity index (χ4v) is 2.63. The second kappa shape index (κ2) is 6.58. The second-order valence-corrected chi connectivity index (χ2v) is 5.69. The van der Waals surface area contributed by atoms with Gasteiger partial charge in [0.25, 0.3) is 0 Å². The highest BCUT2D eigenvalue weighted by atomic mass is 15.3. The molecule has 1 aliphatic rings. The maximum Gasteiger partial charge on any atom is 0.0218 e. The Morgan fingerprint density at radius 3 is 2.56 bits per heavy atom. The van der Waals surface area contributed by atoms with Crippen LogP contribution in [0, 0.1) is 5.92 Å². The van der Waals surface area contributed by atoms with E-state index in [0.717, 1.165) is 19.0 Å². The molecule has 0 radical (unpaired) electrons. The van der Waals surface area contributed by atoms with Crippen LogP contribution in [0.25, 0.3) is 0 Å². The fraction of sp³-hybridized carbons (Fsp3) is 1.00. The molecule has 0 spiro atoms. The molecule has 0 aliphatic carbocycles. The SMILES string of the molecule is CCC1CN(CC(N)CC(C)C)CCN1C. The van der Waals surface area contributed by atoms with Crippen molar-refractivity contribution >= 4 is 0 Å². The molecule has 0 aromatic carbocycles. The standard InChI is InChI=1S/C13H29N3/c1-5-13-10-16(7-6-15(13)4)9-12(14)8-11(2)3/h11-13H,5-10,14H2,1-4H3. The van der Waals surface area contributed by atoms with Crippen LogP contribution in [-0.4, -0.2) is 55.1 Å². The summed E-state index contributed by atoms with van der Waals surface area (Å²) < 4.78 is 0. The number of nitrogens with zero attached hydrogens (tertiary/aromatic N) is 2. The number of rotatable bonds is 5. The highest BCUT2D eigenvalue weighted by Gasteiger charge is 2.23. The van der Waals surface area contributed by atoms with Crippen LogP contribution in [0.5, 0.6) is 0 Å². The molecule has 0 aromatic heterocycles. The molecule has 16 heavy (non-hydrogen) atoms. The lowest BCUT2D eigenvalue weighted by Crippen LogP contribution is -2.53. The van der Waals surface area contributed by atoms with Crippen LogP contribution >= 0.6 is 0 Å². The molecule has 1 fully saturated rings. The summed E-state index contributed by atoms with van der Waals surface area (Å²) in [5.74, 6) is 0.712. The largest absolute Gasteiger partial charge is 0.327 e. The van der Waals surface area contributed by atoms with Crippen molar-refractivity contribution in [1.29, 1.82) is 0 Å². The van der Waals surface area contributed by atoms with E-state index in [-0.39, 0.29) is 0 Å². The molecule has 1 saturated heterocycles. The van der Waals surface area contributed by atoms with Crippen LogP contribution in [0.1, 0.15) is 33.6 Å². The number of likely N-dealkylation sites (N-methyl/N-ethyl adjacent to an activating group) is 1. The van der Waals surface area contributed by atoms with Gasteiger partial charge < -0.3 is 10.6 Å². The number of hydrogen-bond acceptors (Lipinski definition) is 3. The number of nitrogens with two attached hydrogens (primary N) is 1. The van der Waals surface area contributed by atoms with Crippen LogP contribution in [0.2, 0.25) is 0 Å². The first-order valence-corrected chi connectivity index (χ1v) is 6.71. The summed E-state index contributed by atoms with van der Waals surface area (Å²) >= 11 is 0. The van der Waals surface area contributed by atoms with Gasteiger partial charge in [-0.3, -0.25) is 4.90 Å². The van der Waals surface area contributed by atoms with Crippen LogP contribution in [0.4, 0.5) is 0 Å². The minimum Gasteiger partial charge on any atom is -0.327 e. The van der Waals surface area contributed by atoms with E-state index in [1.165, 1.54) is 26.1 Å². The minimum atomic E-state index is 0.348. The molecular weight excluding hydrogens is 198 g/mol. The molecule has 0 amide bonds. The molecule has 0 aromatic rings. The lowest BCUT2D eigenvalue weighted by Gasteiger charge is -2.40. The third-order valence-corrected chi connectivity index (χ3v) is 3.60. The van der Waals surface area contributed by atoms with Gasteiger partial charge in [0, 0.05) is 38.3 Å². The monoisotopic (exact) mass is 227 g/mol. The second-order valence-electron chi connectivity index (χ2n) is 5.69. The van der Waals surface area contributed by atoms with E-state index >= 15 is 0 Å². The lowest BCUT2D eigenvalue weighted by molar-refractivity contribution is 0.0874. The third kappa shape index (κ3) is 4.40. The highest BCUT2D eigenvalue weighted by Crippen LogP contribution is 2.12. The smallest absolute Gasteiger partial charge is 0.0218 e. The summed E-state index contributed by atoms with van der Waals surface area (Å²) in [7, 11) is 2.24. The van der Waals surface area contributed by atoms with E-state index in [9.17, 15) is 0 Å². The van der Waals surface area contributed by atoms with Crippen molar-refractivity contribution in [3.05, 3.63) is 0 Å². The van der Waals surface area contributed by atoms with E-state index in [1.54, 1.807) is 0 Å². The van der Waals surface area contributed by atoms with Crippen LogP contribution < -0.4 is 5.73 Å². The summed E-state index contributed by atoms with van der Waals surface area (Å²) in [5.41, 5.74) is 6.17. The van der Waals surface area contributed by atoms with Crippen molar-refractivity contribution in [1.82, 2.24) is 9.80 Å². The molecule has 1 rings (SSSR count).